The highest BCUT2D eigenvalue weighted by atomic mass is 16.5. The highest BCUT2D eigenvalue weighted by Gasteiger charge is 2.08. The quantitative estimate of drug-likeness (QED) is 0.0458. The number of hydrogen-bond acceptors (Lipinski definition) is 11. The third-order valence-electron chi connectivity index (χ3n) is 9.84. The smallest absolute Gasteiger partial charge is 0.247 e. The number of hydrogen-bond donors (Lipinski definition) is 2. The molecule has 13 heteroatoms. The molecular formula is C45H84N2O11. The number of Topliss-reactive ketones (excluding diaryl/α,β-unsaturated/α-hetero) is 3. The minimum absolute atomic E-state index is 0.0116. The van der Waals surface area contributed by atoms with Crippen LogP contribution in [0.1, 0.15) is 168 Å². The summed E-state index contributed by atoms with van der Waals surface area (Å²) in [6, 6.07) is 0. The van der Waals surface area contributed by atoms with Crippen molar-refractivity contribution in [3.05, 3.63) is 0 Å². The average Bonchev–Trinajstić information content (AvgIpc) is 3.20. The lowest BCUT2D eigenvalue weighted by atomic mass is 10.0. The predicted octanol–water partition coefficient (Wildman–Crippen LogP) is 7.63. The van der Waals surface area contributed by atoms with Crippen molar-refractivity contribution in [3.8, 4) is 0 Å². The Balaban J connectivity index is 3.37. The molecule has 58 heavy (non-hydrogen) atoms. The van der Waals surface area contributed by atoms with Gasteiger partial charge in [0.05, 0.1) is 39.6 Å². The highest BCUT2D eigenvalue weighted by molar-refractivity contribution is 5.79. The lowest BCUT2D eigenvalue weighted by Gasteiger charge is -2.09. The Morgan fingerprint density at radius 3 is 1.40 bits per heavy atom. The van der Waals surface area contributed by atoms with Crippen LogP contribution in [0.2, 0.25) is 0 Å². The minimum Gasteiger partial charge on any atom is -0.379 e. The van der Waals surface area contributed by atoms with Crippen molar-refractivity contribution < 1.29 is 52.4 Å². The molecule has 13 nitrogen and oxygen atoms in total. The first kappa shape index (κ1) is 55.7. The number of amides is 2. The van der Waals surface area contributed by atoms with E-state index in [1.807, 2.05) is 6.92 Å². The number of rotatable bonds is 47. The molecule has 0 saturated carbocycles. The zero-order valence-electron chi connectivity index (χ0n) is 37.0. The predicted molar refractivity (Wildman–Crippen MR) is 228 cm³/mol. The molecule has 2 N–H and O–H groups in total. The van der Waals surface area contributed by atoms with Gasteiger partial charge in [-0.05, 0) is 39.0 Å². The summed E-state index contributed by atoms with van der Waals surface area (Å²) in [5.41, 5.74) is 0. The van der Waals surface area contributed by atoms with E-state index in [1.165, 1.54) is 83.5 Å². The largest absolute Gasteiger partial charge is 0.379 e. The van der Waals surface area contributed by atoms with Crippen molar-refractivity contribution in [2.24, 2.45) is 5.92 Å². The Labute approximate surface area is 351 Å². The first-order valence-electron chi connectivity index (χ1n) is 22.8. The number of carbonyl (C=O) groups is 5. The number of ketones is 3. The Bertz CT molecular complexity index is 998. The first-order valence-corrected chi connectivity index (χ1v) is 22.8. The van der Waals surface area contributed by atoms with E-state index in [4.69, 9.17) is 28.4 Å². The summed E-state index contributed by atoms with van der Waals surface area (Å²) < 4.78 is 32.2. The molecule has 0 saturated heterocycles. The lowest BCUT2D eigenvalue weighted by molar-refractivity contribution is -0.128. The fourth-order valence-electron chi connectivity index (χ4n) is 6.02. The van der Waals surface area contributed by atoms with Crippen LogP contribution in [0.15, 0.2) is 0 Å². The van der Waals surface area contributed by atoms with Gasteiger partial charge < -0.3 is 39.1 Å². The van der Waals surface area contributed by atoms with Crippen LogP contribution in [-0.2, 0) is 52.4 Å². The van der Waals surface area contributed by atoms with Gasteiger partial charge in [0, 0.05) is 44.9 Å². The number of ether oxygens (including phenoxy) is 6. The van der Waals surface area contributed by atoms with Crippen LogP contribution in [0.4, 0.5) is 0 Å². The molecule has 0 heterocycles. The van der Waals surface area contributed by atoms with Gasteiger partial charge in [-0.2, -0.15) is 0 Å². The summed E-state index contributed by atoms with van der Waals surface area (Å²) >= 11 is 0. The van der Waals surface area contributed by atoms with E-state index in [2.05, 4.69) is 17.6 Å². The normalized spacial score (nSPS) is 11.8. The maximum absolute atomic E-state index is 12.1. The van der Waals surface area contributed by atoms with Crippen LogP contribution >= 0.6 is 0 Å². The summed E-state index contributed by atoms with van der Waals surface area (Å²) in [5.74, 6) is 0.0407. The van der Waals surface area contributed by atoms with Crippen molar-refractivity contribution in [1.82, 2.24) is 10.6 Å². The maximum Gasteiger partial charge on any atom is 0.247 e. The van der Waals surface area contributed by atoms with E-state index in [1.54, 1.807) is 6.92 Å². The molecule has 0 aliphatic rings. The third kappa shape index (κ3) is 43.3. The van der Waals surface area contributed by atoms with Crippen molar-refractivity contribution in [2.75, 3.05) is 86.0 Å². The summed E-state index contributed by atoms with van der Waals surface area (Å²) in [6.07, 6.45) is 25.2. The molecule has 0 aromatic rings. The number of unbranched alkanes of at least 4 members (excludes halogenated alkanes) is 15. The average molecular weight is 829 g/mol. The molecule has 0 bridgehead atoms. The van der Waals surface area contributed by atoms with Crippen LogP contribution < -0.4 is 10.6 Å². The van der Waals surface area contributed by atoms with E-state index < -0.39 is 0 Å². The molecule has 0 spiro atoms. The van der Waals surface area contributed by atoms with Crippen molar-refractivity contribution in [2.45, 2.75) is 168 Å². The third-order valence-corrected chi connectivity index (χ3v) is 9.84. The van der Waals surface area contributed by atoms with Crippen LogP contribution in [0.3, 0.4) is 0 Å². The van der Waals surface area contributed by atoms with E-state index in [-0.39, 0.29) is 82.3 Å². The summed E-state index contributed by atoms with van der Waals surface area (Å²) in [4.78, 5) is 59.0. The monoisotopic (exact) mass is 829 g/mol. The Morgan fingerprint density at radius 2 is 0.862 bits per heavy atom. The zero-order valence-corrected chi connectivity index (χ0v) is 37.0. The second-order valence-corrected chi connectivity index (χ2v) is 15.4. The highest BCUT2D eigenvalue weighted by Crippen LogP contribution is 2.14. The van der Waals surface area contributed by atoms with Gasteiger partial charge in [0.1, 0.15) is 38.1 Å². The summed E-state index contributed by atoms with van der Waals surface area (Å²) in [7, 11) is 0. The minimum atomic E-state index is -0.306. The van der Waals surface area contributed by atoms with Gasteiger partial charge in [0.2, 0.25) is 11.8 Å². The molecule has 1 atom stereocenters. The van der Waals surface area contributed by atoms with E-state index in [0.29, 0.717) is 70.9 Å². The standard InChI is InChI=1S/C45H84N2O11/c1-4-5-6-7-8-9-10-11-12-13-14-15-16-17-18-24-42(49)25-21-28-53-31-33-57-38-45(52)47-39-58-35-34-55-36-43(50)26-22-29-54-30-32-56-37-44(51)46-27-20-19-23-40(2)41(3)48/h40H,4-39H2,1-3H3,(H,46,51)(H,47,52)/t40-/m0/s1. The van der Waals surface area contributed by atoms with Gasteiger partial charge in [-0.15, -0.1) is 0 Å². The molecule has 0 aliphatic carbocycles. The van der Waals surface area contributed by atoms with Crippen molar-refractivity contribution in [3.63, 3.8) is 0 Å². The Hall–Kier alpha value is -2.29. The molecule has 0 fully saturated rings. The summed E-state index contributed by atoms with van der Waals surface area (Å²) in [5, 5.41) is 5.39. The maximum atomic E-state index is 12.1. The van der Waals surface area contributed by atoms with Crippen LogP contribution in [0, 0.1) is 5.92 Å². The van der Waals surface area contributed by atoms with Crippen LogP contribution in [-0.4, -0.2) is 115 Å². The molecule has 0 unspecified atom stereocenters. The van der Waals surface area contributed by atoms with Crippen LogP contribution in [0.25, 0.3) is 0 Å². The number of nitrogens with one attached hydrogen (secondary N) is 2. The first-order chi connectivity index (χ1) is 28.3. The van der Waals surface area contributed by atoms with Crippen molar-refractivity contribution >= 4 is 29.2 Å². The van der Waals surface area contributed by atoms with E-state index in [0.717, 1.165) is 32.1 Å². The zero-order chi connectivity index (χ0) is 42.6. The SMILES string of the molecule is CCCCCCCCCCCCCCCCCC(=O)CCCOCCOCC(=O)NCOCCOCC(=O)CCCOCCOCC(=O)NCCCC[C@H](C)C(C)=O. The second-order valence-electron chi connectivity index (χ2n) is 15.4. The van der Waals surface area contributed by atoms with Gasteiger partial charge in [0.15, 0.2) is 5.78 Å². The number of carbonyl (C=O) groups excluding carboxylic acids is 5. The van der Waals surface area contributed by atoms with E-state index in [9.17, 15) is 24.0 Å². The fraction of sp³-hybridized carbons (Fsp3) is 0.889. The molecule has 340 valence electrons. The molecule has 0 aliphatic heterocycles. The molecule has 0 aromatic heterocycles. The van der Waals surface area contributed by atoms with Gasteiger partial charge in [-0.25, -0.2) is 0 Å². The van der Waals surface area contributed by atoms with Gasteiger partial charge >= 0.3 is 0 Å². The summed E-state index contributed by atoms with van der Waals surface area (Å²) in [6.45, 7) is 8.83. The van der Waals surface area contributed by atoms with Gasteiger partial charge in [0.25, 0.3) is 0 Å². The van der Waals surface area contributed by atoms with Gasteiger partial charge in [-0.3, -0.25) is 24.0 Å². The van der Waals surface area contributed by atoms with Crippen molar-refractivity contribution in [1.29, 1.82) is 0 Å². The van der Waals surface area contributed by atoms with Gasteiger partial charge in [-0.1, -0.05) is 110 Å². The van der Waals surface area contributed by atoms with E-state index >= 15 is 0 Å². The topological polar surface area (TPSA) is 165 Å². The molecule has 0 radical (unpaired) electrons. The Kier molecular flexibility index (Phi) is 42.5. The molecule has 0 aromatic carbocycles. The molecular weight excluding hydrogens is 744 g/mol. The van der Waals surface area contributed by atoms with Crippen LogP contribution in [0.5, 0.6) is 0 Å². The lowest BCUT2D eigenvalue weighted by Crippen LogP contribution is -2.30. The molecule has 0 rings (SSSR count). The fourth-order valence-corrected chi connectivity index (χ4v) is 6.02. The molecule has 2 amide bonds. The second kappa shape index (κ2) is 44.3. The Morgan fingerprint density at radius 1 is 0.431 bits per heavy atom.